The maximum absolute atomic E-state index is 13.0. The second-order valence-corrected chi connectivity index (χ2v) is 9.05. The molecule has 1 heterocycles. The molecule has 6 nitrogen and oxygen atoms in total. The highest BCUT2D eigenvalue weighted by Gasteiger charge is 2.29. The van der Waals surface area contributed by atoms with Gasteiger partial charge in [0, 0.05) is 36.3 Å². The predicted octanol–water partition coefficient (Wildman–Crippen LogP) is 2.53. The van der Waals surface area contributed by atoms with E-state index in [0.29, 0.717) is 18.8 Å². The molecule has 144 valence electrons. The van der Waals surface area contributed by atoms with Crippen LogP contribution in [0.15, 0.2) is 57.9 Å². The lowest BCUT2D eigenvalue weighted by atomic mass is 10.3. The van der Waals surface area contributed by atoms with E-state index in [-0.39, 0.29) is 30.4 Å². The van der Waals surface area contributed by atoms with E-state index in [2.05, 4.69) is 21.2 Å². The quantitative estimate of drug-likeness (QED) is 0.751. The molecule has 0 aliphatic carbocycles. The highest BCUT2D eigenvalue weighted by molar-refractivity contribution is 9.10. The fourth-order valence-electron chi connectivity index (χ4n) is 2.85. The van der Waals surface area contributed by atoms with Crippen molar-refractivity contribution in [3.8, 4) is 0 Å². The molecular weight excluding hydrogens is 437 g/mol. The summed E-state index contributed by atoms with van der Waals surface area (Å²) < 4.78 is 40.5. The molecule has 2 aromatic carbocycles. The Morgan fingerprint density at radius 2 is 1.74 bits per heavy atom. The number of carbonyl (C=O) groups excluding carboxylic acids is 1. The third-order valence-electron chi connectivity index (χ3n) is 4.26. The van der Waals surface area contributed by atoms with Crippen LogP contribution < -0.4 is 5.32 Å². The largest absolute Gasteiger partial charge is 0.325 e. The van der Waals surface area contributed by atoms with Gasteiger partial charge < -0.3 is 5.32 Å². The number of nitrogens with one attached hydrogen (secondary N) is 1. The van der Waals surface area contributed by atoms with E-state index in [0.717, 1.165) is 16.6 Å². The molecular formula is C18H19BrFN3O3S. The molecule has 0 atom stereocenters. The summed E-state index contributed by atoms with van der Waals surface area (Å²) in [6.45, 7) is 1.66. The van der Waals surface area contributed by atoms with Crippen LogP contribution >= 0.6 is 15.9 Å². The number of sulfonamides is 1. The van der Waals surface area contributed by atoms with Crippen molar-refractivity contribution in [3.63, 3.8) is 0 Å². The number of benzene rings is 2. The molecule has 2 aromatic rings. The predicted molar refractivity (Wildman–Crippen MR) is 104 cm³/mol. The van der Waals surface area contributed by atoms with Gasteiger partial charge in [-0.25, -0.2) is 12.8 Å². The summed E-state index contributed by atoms with van der Waals surface area (Å²) in [6.07, 6.45) is 0. The molecule has 0 spiro atoms. The number of amides is 1. The summed E-state index contributed by atoms with van der Waals surface area (Å²) in [5.74, 6) is -0.627. The van der Waals surface area contributed by atoms with Crippen LogP contribution in [0.25, 0.3) is 0 Å². The molecule has 1 aliphatic heterocycles. The number of rotatable bonds is 5. The molecule has 1 fully saturated rings. The monoisotopic (exact) mass is 455 g/mol. The van der Waals surface area contributed by atoms with Crippen molar-refractivity contribution >= 4 is 37.5 Å². The van der Waals surface area contributed by atoms with Gasteiger partial charge in [0.1, 0.15) is 5.82 Å². The number of halogens is 2. The van der Waals surface area contributed by atoms with Crippen LogP contribution in [0.4, 0.5) is 10.1 Å². The van der Waals surface area contributed by atoms with Gasteiger partial charge in [-0.05, 0) is 42.5 Å². The third-order valence-corrected chi connectivity index (χ3v) is 6.66. The highest BCUT2D eigenvalue weighted by atomic mass is 79.9. The average molecular weight is 456 g/mol. The van der Waals surface area contributed by atoms with E-state index >= 15 is 0 Å². The Kier molecular flexibility index (Phi) is 6.25. The first kappa shape index (κ1) is 19.9. The first-order valence-electron chi connectivity index (χ1n) is 8.38. The minimum absolute atomic E-state index is 0.0738. The molecule has 0 unspecified atom stereocenters. The van der Waals surface area contributed by atoms with Crippen molar-refractivity contribution in [2.24, 2.45) is 0 Å². The smallest absolute Gasteiger partial charge is 0.243 e. The lowest BCUT2D eigenvalue weighted by molar-refractivity contribution is -0.117. The maximum Gasteiger partial charge on any atom is 0.243 e. The van der Waals surface area contributed by atoms with Gasteiger partial charge in [0.05, 0.1) is 11.4 Å². The molecule has 1 N–H and O–H groups in total. The second kappa shape index (κ2) is 8.47. The second-order valence-electron chi connectivity index (χ2n) is 6.19. The number of carbonyl (C=O) groups is 1. The summed E-state index contributed by atoms with van der Waals surface area (Å²) in [4.78, 5) is 14.2. The number of piperazine rings is 1. The normalized spacial score (nSPS) is 16.2. The minimum atomic E-state index is -3.65. The Labute approximate surface area is 166 Å². The summed E-state index contributed by atoms with van der Waals surface area (Å²) in [7, 11) is -3.65. The van der Waals surface area contributed by atoms with Crippen molar-refractivity contribution in [2.45, 2.75) is 4.90 Å². The van der Waals surface area contributed by atoms with Gasteiger partial charge >= 0.3 is 0 Å². The standard InChI is InChI=1S/C18H19BrFN3O3S/c19-14-2-1-3-16(12-14)21-18(24)13-22-8-10-23(11-9-22)27(25,26)17-6-4-15(20)5-7-17/h1-7,12H,8-11,13H2,(H,21,24). The summed E-state index contributed by atoms with van der Waals surface area (Å²) in [5.41, 5.74) is 0.701. The van der Waals surface area contributed by atoms with E-state index in [9.17, 15) is 17.6 Å². The number of nitrogens with zero attached hydrogens (tertiary/aromatic N) is 2. The molecule has 0 bridgehead atoms. The summed E-state index contributed by atoms with van der Waals surface area (Å²) in [6, 6.07) is 12.1. The van der Waals surface area contributed by atoms with Gasteiger partial charge in [0.2, 0.25) is 15.9 Å². The zero-order chi connectivity index (χ0) is 19.4. The van der Waals surface area contributed by atoms with Crippen LogP contribution in [-0.2, 0) is 14.8 Å². The summed E-state index contributed by atoms with van der Waals surface area (Å²) >= 11 is 3.35. The Hall–Kier alpha value is -1.81. The highest BCUT2D eigenvalue weighted by Crippen LogP contribution is 2.18. The number of anilines is 1. The van der Waals surface area contributed by atoms with E-state index in [4.69, 9.17) is 0 Å². The van der Waals surface area contributed by atoms with E-state index < -0.39 is 15.8 Å². The summed E-state index contributed by atoms with van der Waals surface area (Å²) in [5, 5.41) is 2.82. The number of hydrogen-bond acceptors (Lipinski definition) is 4. The van der Waals surface area contributed by atoms with Crippen molar-refractivity contribution < 1.29 is 17.6 Å². The molecule has 27 heavy (non-hydrogen) atoms. The Morgan fingerprint density at radius 1 is 1.07 bits per heavy atom. The van der Waals surface area contributed by atoms with Crippen LogP contribution in [0.3, 0.4) is 0 Å². The van der Waals surface area contributed by atoms with Gasteiger partial charge in [-0.15, -0.1) is 0 Å². The van der Waals surface area contributed by atoms with E-state index in [1.807, 2.05) is 23.1 Å². The zero-order valence-electron chi connectivity index (χ0n) is 14.4. The van der Waals surface area contributed by atoms with Crippen molar-refractivity contribution in [3.05, 3.63) is 58.8 Å². The van der Waals surface area contributed by atoms with Crippen LogP contribution in [0.5, 0.6) is 0 Å². The first-order chi connectivity index (χ1) is 12.8. The van der Waals surface area contributed by atoms with E-state index in [1.54, 1.807) is 6.07 Å². The average Bonchev–Trinajstić information content (AvgIpc) is 2.62. The van der Waals surface area contributed by atoms with Gasteiger partial charge in [-0.1, -0.05) is 22.0 Å². The fraction of sp³-hybridized carbons (Fsp3) is 0.278. The fourth-order valence-corrected chi connectivity index (χ4v) is 4.67. The van der Waals surface area contributed by atoms with Gasteiger partial charge in [0.15, 0.2) is 0 Å². The molecule has 3 rings (SSSR count). The van der Waals surface area contributed by atoms with Gasteiger partial charge in [0.25, 0.3) is 0 Å². The molecule has 1 saturated heterocycles. The van der Waals surface area contributed by atoms with Crippen LogP contribution in [0, 0.1) is 5.82 Å². The van der Waals surface area contributed by atoms with Crippen LogP contribution in [-0.4, -0.2) is 56.3 Å². The SMILES string of the molecule is O=C(CN1CCN(S(=O)(=O)c2ccc(F)cc2)CC1)Nc1cccc(Br)c1. The lowest BCUT2D eigenvalue weighted by Gasteiger charge is -2.33. The Morgan fingerprint density at radius 3 is 2.37 bits per heavy atom. The lowest BCUT2D eigenvalue weighted by Crippen LogP contribution is -2.50. The molecule has 0 radical (unpaired) electrons. The van der Waals surface area contributed by atoms with Crippen LogP contribution in [0.2, 0.25) is 0 Å². The molecule has 9 heteroatoms. The zero-order valence-corrected chi connectivity index (χ0v) is 16.8. The van der Waals surface area contributed by atoms with E-state index in [1.165, 1.54) is 16.4 Å². The molecule has 1 amide bonds. The van der Waals surface area contributed by atoms with Crippen LogP contribution in [0.1, 0.15) is 0 Å². The third kappa shape index (κ3) is 5.13. The van der Waals surface area contributed by atoms with Gasteiger partial charge in [-0.3, -0.25) is 9.69 Å². The van der Waals surface area contributed by atoms with Crippen molar-refractivity contribution in [1.29, 1.82) is 0 Å². The maximum atomic E-state index is 13.0. The molecule has 0 aromatic heterocycles. The first-order valence-corrected chi connectivity index (χ1v) is 10.6. The molecule has 0 saturated carbocycles. The Bertz CT molecular complexity index is 914. The number of hydrogen-bond donors (Lipinski definition) is 1. The topological polar surface area (TPSA) is 69.7 Å². The molecule has 1 aliphatic rings. The van der Waals surface area contributed by atoms with Gasteiger partial charge in [-0.2, -0.15) is 4.31 Å². The Balaban J connectivity index is 1.54. The minimum Gasteiger partial charge on any atom is -0.325 e. The van der Waals surface area contributed by atoms with Crippen molar-refractivity contribution in [2.75, 3.05) is 38.0 Å². The van der Waals surface area contributed by atoms with Crippen molar-refractivity contribution in [1.82, 2.24) is 9.21 Å².